The van der Waals surface area contributed by atoms with Gasteiger partial charge in [0.1, 0.15) is 5.82 Å². The highest BCUT2D eigenvalue weighted by Crippen LogP contribution is 2.26. The molecule has 6 heteroatoms. The molecule has 104 valence electrons. The highest BCUT2D eigenvalue weighted by molar-refractivity contribution is 9.10. The van der Waals surface area contributed by atoms with E-state index in [1.165, 1.54) is 17.0 Å². The lowest BCUT2D eigenvalue weighted by Crippen LogP contribution is -2.32. The molecule has 3 N–H and O–H groups in total. The molecule has 0 aliphatic rings. The summed E-state index contributed by atoms with van der Waals surface area (Å²) in [6.07, 6.45) is 0. The van der Waals surface area contributed by atoms with Crippen molar-refractivity contribution in [2.24, 2.45) is 0 Å². The van der Waals surface area contributed by atoms with Crippen LogP contribution in [0.3, 0.4) is 0 Å². The van der Waals surface area contributed by atoms with Crippen LogP contribution in [0.1, 0.15) is 0 Å². The highest BCUT2D eigenvalue weighted by atomic mass is 79.9. The molecule has 0 atom stereocenters. The zero-order valence-corrected chi connectivity index (χ0v) is 12.3. The second-order valence-electron chi connectivity index (χ2n) is 4.17. The number of hydrogen-bond donors (Lipinski definition) is 2. The van der Waals surface area contributed by atoms with Gasteiger partial charge in [-0.05, 0) is 30.3 Å². The van der Waals surface area contributed by atoms with Crippen molar-refractivity contribution in [3.8, 4) is 0 Å². The van der Waals surface area contributed by atoms with Crippen molar-refractivity contribution in [1.82, 2.24) is 0 Å². The van der Waals surface area contributed by atoms with Crippen LogP contribution in [0.5, 0.6) is 0 Å². The molecule has 0 fully saturated rings. The summed E-state index contributed by atoms with van der Waals surface area (Å²) in [7, 11) is 1.57. The van der Waals surface area contributed by atoms with E-state index in [9.17, 15) is 9.18 Å². The van der Waals surface area contributed by atoms with Gasteiger partial charge in [0.25, 0.3) is 0 Å². The number of amides is 2. The molecule has 0 saturated carbocycles. The van der Waals surface area contributed by atoms with E-state index < -0.39 is 11.8 Å². The monoisotopic (exact) mass is 337 g/mol. The lowest BCUT2D eigenvalue weighted by molar-refractivity contribution is 0.258. The minimum absolute atomic E-state index is 0.125. The molecule has 0 saturated heterocycles. The van der Waals surface area contributed by atoms with Gasteiger partial charge in [-0.1, -0.05) is 28.1 Å². The fraction of sp³-hybridized carbons (Fsp3) is 0.0714. The number of nitrogen functional groups attached to an aromatic ring is 1. The number of rotatable bonds is 2. The predicted molar refractivity (Wildman–Crippen MR) is 82.4 cm³/mol. The van der Waals surface area contributed by atoms with Crippen molar-refractivity contribution in [3.63, 3.8) is 0 Å². The third kappa shape index (κ3) is 3.08. The van der Waals surface area contributed by atoms with Gasteiger partial charge in [-0.2, -0.15) is 0 Å². The lowest BCUT2D eigenvalue weighted by atomic mass is 10.2. The summed E-state index contributed by atoms with van der Waals surface area (Å²) in [4.78, 5) is 13.4. The first-order chi connectivity index (χ1) is 9.49. The van der Waals surface area contributed by atoms with Gasteiger partial charge in [-0.15, -0.1) is 0 Å². The molecule has 2 aromatic rings. The first-order valence-corrected chi connectivity index (χ1v) is 6.62. The maximum absolute atomic E-state index is 13.5. The van der Waals surface area contributed by atoms with E-state index in [0.29, 0.717) is 11.4 Å². The second kappa shape index (κ2) is 5.92. The van der Waals surface area contributed by atoms with Crippen LogP contribution >= 0.6 is 15.9 Å². The molecule has 0 aliphatic heterocycles. The van der Waals surface area contributed by atoms with Gasteiger partial charge in [0.2, 0.25) is 0 Å². The number of carbonyl (C=O) groups is 1. The fourth-order valence-corrected chi connectivity index (χ4v) is 2.08. The molecule has 0 aromatic heterocycles. The summed E-state index contributed by atoms with van der Waals surface area (Å²) < 4.78 is 14.3. The van der Waals surface area contributed by atoms with Gasteiger partial charge in [-0.25, -0.2) is 9.18 Å². The zero-order chi connectivity index (χ0) is 14.7. The van der Waals surface area contributed by atoms with Crippen LogP contribution in [0.15, 0.2) is 46.9 Å². The van der Waals surface area contributed by atoms with Crippen molar-refractivity contribution in [1.29, 1.82) is 0 Å². The minimum Gasteiger partial charge on any atom is -0.397 e. The summed E-state index contributed by atoms with van der Waals surface area (Å²) in [5, 5.41) is 2.49. The van der Waals surface area contributed by atoms with Gasteiger partial charge in [-0.3, -0.25) is 4.90 Å². The van der Waals surface area contributed by atoms with Gasteiger partial charge in [0.15, 0.2) is 0 Å². The van der Waals surface area contributed by atoms with E-state index in [1.54, 1.807) is 37.4 Å². The number of halogens is 2. The van der Waals surface area contributed by atoms with Gasteiger partial charge in [0, 0.05) is 11.5 Å². The van der Waals surface area contributed by atoms with Crippen LogP contribution in [-0.2, 0) is 0 Å². The van der Waals surface area contributed by atoms with E-state index in [2.05, 4.69) is 21.2 Å². The molecule has 0 radical (unpaired) electrons. The molecular weight excluding hydrogens is 325 g/mol. The first kappa shape index (κ1) is 14.3. The third-order valence-corrected chi connectivity index (χ3v) is 3.26. The van der Waals surface area contributed by atoms with E-state index in [0.717, 1.165) is 4.47 Å². The Labute approximate surface area is 124 Å². The molecule has 20 heavy (non-hydrogen) atoms. The van der Waals surface area contributed by atoms with E-state index in [4.69, 9.17) is 5.73 Å². The van der Waals surface area contributed by atoms with E-state index in [-0.39, 0.29) is 5.69 Å². The first-order valence-electron chi connectivity index (χ1n) is 5.83. The van der Waals surface area contributed by atoms with Crippen molar-refractivity contribution < 1.29 is 9.18 Å². The van der Waals surface area contributed by atoms with Gasteiger partial charge < -0.3 is 11.1 Å². The van der Waals surface area contributed by atoms with Gasteiger partial charge in [0.05, 0.1) is 17.1 Å². The number of nitrogens with one attached hydrogen (secondary N) is 1. The van der Waals surface area contributed by atoms with E-state index >= 15 is 0 Å². The van der Waals surface area contributed by atoms with Crippen molar-refractivity contribution in [2.45, 2.75) is 0 Å². The summed E-state index contributed by atoms with van der Waals surface area (Å²) >= 11 is 3.30. The highest BCUT2D eigenvalue weighted by Gasteiger charge is 2.15. The van der Waals surface area contributed by atoms with Crippen molar-refractivity contribution >= 4 is 39.0 Å². The third-order valence-electron chi connectivity index (χ3n) is 2.77. The van der Waals surface area contributed by atoms with Crippen LogP contribution in [0.2, 0.25) is 0 Å². The zero-order valence-electron chi connectivity index (χ0n) is 10.7. The lowest BCUT2D eigenvalue weighted by Gasteiger charge is -2.20. The van der Waals surface area contributed by atoms with Crippen LogP contribution < -0.4 is 16.0 Å². The minimum atomic E-state index is -0.488. The number of nitrogens with two attached hydrogens (primary N) is 1. The van der Waals surface area contributed by atoms with Crippen molar-refractivity contribution in [3.05, 3.63) is 52.8 Å². The topological polar surface area (TPSA) is 58.4 Å². The van der Waals surface area contributed by atoms with Crippen LogP contribution in [0, 0.1) is 5.82 Å². The molecule has 2 aromatic carbocycles. The number of nitrogens with zero attached hydrogens (tertiary/aromatic N) is 1. The number of anilines is 3. The molecular formula is C14H13BrFN3O. The molecule has 4 nitrogen and oxygen atoms in total. The molecule has 0 heterocycles. The Hall–Kier alpha value is -2.08. The number of urea groups is 1. The molecule has 0 bridgehead atoms. The van der Waals surface area contributed by atoms with Crippen molar-refractivity contribution in [2.75, 3.05) is 23.0 Å². The molecule has 0 spiro atoms. The van der Waals surface area contributed by atoms with Crippen LogP contribution in [-0.4, -0.2) is 13.1 Å². The average molecular weight is 338 g/mol. The van der Waals surface area contributed by atoms with E-state index in [1.807, 2.05) is 0 Å². The predicted octanol–water partition coefficient (Wildman–Crippen LogP) is 3.84. The standard InChI is InChI=1S/C14H13BrFN3O/c1-19(13-7-6-9(15)8-11(13)17)14(20)18-12-5-3-2-4-10(12)16/h2-8H,17H2,1H3,(H,18,20). The van der Waals surface area contributed by atoms with Crippen LogP contribution in [0.25, 0.3) is 0 Å². The summed E-state index contributed by atoms with van der Waals surface area (Å²) in [6, 6.07) is 10.7. The summed E-state index contributed by atoms with van der Waals surface area (Å²) in [5.74, 6) is -0.488. The SMILES string of the molecule is CN(C(=O)Nc1ccccc1F)c1ccc(Br)cc1N. The van der Waals surface area contributed by atoms with Gasteiger partial charge >= 0.3 is 6.03 Å². The maximum atomic E-state index is 13.5. The molecule has 2 rings (SSSR count). The number of para-hydroxylation sites is 1. The Morgan fingerprint density at radius 2 is 2.00 bits per heavy atom. The number of hydrogen-bond acceptors (Lipinski definition) is 2. The summed E-state index contributed by atoms with van der Waals surface area (Å²) in [6.45, 7) is 0. The maximum Gasteiger partial charge on any atom is 0.326 e. The smallest absolute Gasteiger partial charge is 0.326 e. The Morgan fingerprint density at radius 1 is 1.30 bits per heavy atom. The molecule has 0 unspecified atom stereocenters. The Balaban J connectivity index is 2.19. The van der Waals surface area contributed by atoms with Crippen LogP contribution in [0.4, 0.5) is 26.2 Å². The number of benzene rings is 2. The quantitative estimate of drug-likeness (QED) is 0.818. The normalized spacial score (nSPS) is 10.2. The molecule has 2 amide bonds. The number of carbonyl (C=O) groups excluding carboxylic acids is 1. The largest absolute Gasteiger partial charge is 0.397 e. The Kier molecular flexibility index (Phi) is 4.24. The Bertz CT molecular complexity index is 648. The second-order valence-corrected chi connectivity index (χ2v) is 5.09. The molecule has 0 aliphatic carbocycles. The fourth-order valence-electron chi connectivity index (χ4n) is 1.70. The average Bonchev–Trinajstić information content (AvgIpc) is 2.40. The summed E-state index contributed by atoms with van der Waals surface area (Å²) in [5.41, 5.74) is 6.98. The Morgan fingerprint density at radius 3 is 2.65 bits per heavy atom.